The summed E-state index contributed by atoms with van der Waals surface area (Å²) in [6, 6.07) is 12.6. The van der Waals surface area contributed by atoms with Crippen LogP contribution in [0.4, 0.5) is 0 Å². The van der Waals surface area contributed by atoms with Gasteiger partial charge in [-0.25, -0.2) is 9.78 Å². The number of carbonyl (C=O) groups is 1. The molecule has 0 atom stereocenters. The lowest BCUT2D eigenvalue weighted by atomic mass is 10.2. The maximum Gasteiger partial charge on any atom is 0.350 e. The number of halogens is 1. The van der Waals surface area contributed by atoms with Crippen molar-refractivity contribution in [1.29, 1.82) is 0 Å². The number of aryl methyl sites for hydroxylation is 1. The van der Waals surface area contributed by atoms with Crippen molar-refractivity contribution in [2.75, 3.05) is 6.61 Å². The molecule has 0 bridgehead atoms. The molecular weight excluding hydrogens is 266 g/mol. The second-order valence-electron chi connectivity index (χ2n) is 3.74. The van der Waals surface area contributed by atoms with E-state index in [1.807, 2.05) is 31.2 Å². The molecule has 0 saturated heterocycles. The average Bonchev–Trinajstić information content (AvgIpc) is 2.39. The molecule has 1 heterocycles. The van der Waals surface area contributed by atoms with Crippen LogP contribution in [-0.4, -0.2) is 17.6 Å². The SMILES string of the molecule is Cc1ccc(OCC(=O)Oc2ccccn2)cc1.Cl. The van der Waals surface area contributed by atoms with Crippen molar-refractivity contribution in [1.82, 2.24) is 4.98 Å². The second-order valence-corrected chi connectivity index (χ2v) is 3.74. The van der Waals surface area contributed by atoms with Crippen LogP contribution in [0.3, 0.4) is 0 Å². The first-order valence-corrected chi connectivity index (χ1v) is 5.55. The smallest absolute Gasteiger partial charge is 0.350 e. The van der Waals surface area contributed by atoms with Crippen molar-refractivity contribution >= 4 is 18.4 Å². The van der Waals surface area contributed by atoms with Crippen molar-refractivity contribution in [3.05, 3.63) is 54.2 Å². The van der Waals surface area contributed by atoms with E-state index in [1.165, 1.54) is 0 Å². The summed E-state index contributed by atoms with van der Waals surface area (Å²) in [5, 5.41) is 0. The molecule has 4 nitrogen and oxygen atoms in total. The summed E-state index contributed by atoms with van der Waals surface area (Å²) in [7, 11) is 0. The van der Waals surface area contributed by atoms with Gasteiger partial charge >= 0.3 is 5.97 Å². The first kappa shape index (κ1) is 15.0. The number of ether oxygens (including phenoxy) is 2. The number of benzene rings is 1. The lowest BCUT2D eigenvalue weighted by molar-refractivity contribution is -0.136. The third-order valence-electron chi connectivity index (χ3n) is 2.23. The molecule has 0 aliphatic carbocycles. The Labute approximate surface area is 117 Å². The molecule has 100 valence electrons. The number of nitrogens with zero attached hydrogens (tertiary/aromatic N) is 1. The van der Waals surface area contributed by atoms with Gasteiger partial charge in [0.05, 0.1) is 0 Å². The lowest BCUT2D eigenvalue weighted by Gasteiger charge is -2.06. The fourth-order valence-electron chi connectivity index (χ4n) is 1.33. The van der Waals surface area contributed by atoms with Crippen LogP contribution in [-0.2, 0) is 4.79 Å². The minimum Gasteiger partial charge on any atom is -0.482 e. The molecule has 0 spiro atoms. The van der Waals surface area contributed by atoms with Crippen LogP contribution < -0.4 is 9.47 Å². The summed E-state index contributed by atoms with van der Waals surface area (Å²) in [4.78, 5) is 15.4. The summed E-state index contributed by atoms with van der Waals surface area (Å²) in [6.07, 6.45) is 1.56. The third-order valence-corrected chi connectivity index (χ3v) is 2.23. The molecule has 0 fully saturated rings. The third kappa shape index (κ3) is 4.97. The molecule has 0 amide bonds. The normalized spacial score (nSPS) is 9.32. The molecule has 0 unspecified atom stereocenters. The number of esters is 1. The van der Waals surface area contributed by atoms with Gasteiger partial charge in [-0.1, -0.05) is 23.8 Å². The van der Waals surface area contributed by atoms with Crippen LogP contribution in [0.2, 0.25) is 0 Å². The monoisotopic (exact) mass is 279 g/mol. The van der Waals surface area contributed by atoms with Crippen LogP contribution in [0, 0.1) is 6.92 Å². The number of aromatic nitrogens is 1. The van der Waals surface area contributed by atoms with E-state index in [9.17, 15) is 4.79 Å². The highest BCUT2D eigenvalue weighted by atomic mass is 35.5. The highest BCUT2D eigenvalue weighted by molar-refractivity contribution is 5.85. The number of pyridine rings is 1. The predicted octanol–water partition coefficient (Wildman–Crippen LogP) is 2.80. The summed E-state index contributed by atoms with van der Waals surface area (Å²) < 4.78 is 10.3. The number of hydrogen-bond acceptors (Lipinski definition) is 4. The molecule has 0 aliphatic heterocycles. The summed E-state index contributed by atoms with van der Waals surface area (Å²) in [5.74, 6) is 0.433. The Morgan fingerprint density at radius 2 is 1.89 bits per heavy atom. The molecule has 2 aromatic rings. The molecule has 2 rings (SSSR count). The zero-order chi connectivity index (χ0) is 12.8. The first-order chi connectivity index (χ1) is 8.74. The number of hydrogen-bond donors (Lipinski definition) is 0. The molecule has 0 N–H and O–H groups in total. The topological polar surface area (TPSA) is 48.4 Å². The summed E-state index contributed by atoms with van der Waals surface area (Å²) in [5.41, 5.74) is 1.14. The second kappa shape index (κ2) is 7.38. The molecule has 1 aromatic carbocycles. The van der Waals surface area contributed by atoms with Crippen molar-refractivity contribution < 1.29 is 14.3 Å². The lowest BCUT2D eigenvalue weighted by Crippen LogP contribution is -2.18. The standard InChI is InChI=1S/C14H13NO3.ClH/c1-11-5-7-12(8-6-11)17-10-14(16)18-13-4-2-3-9-15-13;/h2-9H,10H2,1H3;1H. The quantitative estimate of drug-likeness (QED) is 0.808. The van der Waals surface area contributed by atoms with Crippen molar-refractivity contribution in [2.24, 2.45) is 0 Å². The molecule has 0 saturated carbocycles. The Bertz CT molecular complexity index is 514. The van der Waals surface area contributed by atoms with Crippen LogP contribution in [0.5, 0.6) is 11.6 Å². The van der Waals surface area contributed by atoms with Gasteiger partial charge in [-0.15, -0.1) is 12.4 Å². The van der Waals surface area contributed by atoms with Crippen LogP contribution in [0.25, 0.3) is 0 Å². The van der Waals surface area contributed by atoms with E-state index in [4.69, 9.17) is 9.47 Å². The molecular formula is C14H14ClNO3. The van der Waals surface area contributed by atoms with Crippen molar-refractivity contribution in [2.45, 2.75) is 6.92 Å². The highest BCUT2D eigenvalue weighted by Crippen LogP contribution is 2.11. The van der Waals surface area contributed by atoms with Gasteiger partial charge in [0.25, 0.3) is 0 Å². The van der Waals surface area contributed by atoms with Gasteiger partial charge in [-0.3, -0.25) is 0 Å². The number of carbonyl (C=O) groups excluding carboxylic acids is 1. The highest BCUT2D eigenvalue weighted by Gasteiger charge is 2.06. The number of rotatable bonds is 4. The van der Waals surface area contributed by atoms with E-state index < -0.39 is 5.97 Å². The Balaban J connectivity index is 0.00000180. The maximum atomic E-state index is 11.5. The largest absolute Gasteiger partial charge is 0.482 e. The Kier molecular flexibility index (Phi) is 5.82. The zero-order valence-electron chi connectivity index (χ0n) is 10.4. The summed E-state index contributed by atoms with van der Waals surface area (Å²) in [6.45, 7) is 1.85. The molecule has 1 aromatic heterocycles. The van der Waals surface area contributed by atoms with E-state index in [0.29, 0.717) is 5.75 Å². The van der Waals surface area contributed by atoms with Gasteiger partial charge in [0.2, 0.25) is 5.88 Å². The Morgan fingerprint density at radius 3 is 2.53 bits per heavy atom. The average molecular weight is 280 g/mol. The minimum atomic E-state index is -0.478. The van der Waals surface area contributed by atoms with E-state index in [-0.39, 0.29) is 24.9 Å². The predicted molar refractivity (Wildman–Crippen MR) is 73.8 cm³/mol. The fourth-order valence-corrected chi connectivity index (χ4v) is 1.33. The van der Waals surface area contributed by atoms with Gasteiger partial charge < -0.3 is 9.47 Å². The van der Waals surface area contributed by atoms with Gasteiger partial charge in [-0.2, -0.15) is 0 Å². The van der Waals surface area contributed by atoms with E-state index in [2.05, 4.69) is 4.98 Å². The molecule has 5 heteroatoms. The molecule has 0 radical (unpaired) electrons. The van der Waals surface area contributed by atoms with E-state index in [1.54, 1.807) is 24.4 Å². The molecule has 19 heavy (non-hydrogen) atoms. The van der Waals surface area contributed by atoms with E-state index >= 15 is 0 Å². The first-order valence-electron chi connectivity index (χ1n) is 5.55. The van der Waals surface area contributed by atoms with Gasteiger partial charge in [0.1, 0.15) is 5.75 Å². The van der Waals surface area contributed by atoms with Crippen molar-refractivity contribution in [3.63, 3.8) is 0 Å². The van der Waals surface area contributed by atoms with Gasteiger partial charge in [0.15, 0.2) is 6.61 Å². The van der Waals surface area contributed by atoms with Gasteiger partial charge in [-0.05, 0) is 25.1 Å². The van der Waals surface area contributed by atoms with Gasteiger partial charge in [0, 0.05) is 12.3 Å². The van der Waals surface area contributed by atoms with Crippen LogP contribution in [0.15, 0.2) is 48.7 Å². The Hall–Kier alpha value is -2.07. The minimum absolute atomic E-state index is 0. The van der Waals surface area contributed by atoms with Crippen molar-refractivity contribution in [3.8, 4) is 11.6 Å². The fraction of sp³-hybridized carbons (Fsp3) is 0.143. The zero-order valence-corrected chi connectivity index (χ0v) is 11.2. The molecule has 0 aliphatic rings. The summed E-state index contributed by atoms with van der Waals surface area (Å²) >= 11 is 0. The Morgan fingerprint density at radius 1 is 1.16 bits per heavy atom. The van der Waals surface area contributed by atoms with Crippen LogP contribution >= 0.6 is 12.4 Å². The maximum absolute atomic E-state index is 11.5. The van der Waals surface area contributed by atoms with E-state index in [0.717, 1.165) is 5.56 Å². The van der Waals surface area contributed by atoms with Crippen LogP contribution in [0.1, 0.15) is 5.56 Å².